The molecule has 3 aromatic carbocycles. The number of aromatic nitrogens is 1. The number of nitrogens with one attached hydrogen (secondary N) is 1. The average Bonchev–Trinajstić information content (AvgIpc) is 3.69. The third kappa shape index (κ3) is 6.56. The second-order valence-corrected chi connectivity index (χ2v) is 13.7. The van der Waals surface area contributed by atoms with Crippen molar-refractivity contribution in [1.82, 2.24) is 10.3 Å². The van der Waals surface area contributed by atoms with Gasteiger partial charge >= 0.3 is 5.97 Å². The number of halogens is 2. The topological polar surface area (TPSA) is 119 Å². The maximum atomic E-state index is 14.8. The Bertz CT molecular complexity index is 2260. The number of carbonyl (C=O) groups is 2. The molecule has 1 aliphatic rings. The minimum atomic E-state index is -3.80. The summed E-state index contributed by atoms with van der Waals surface area (Å²) in [5.41, 5.74) is 5.04. The Hall–Kier alpha value is -5.36. The number of hydrogen-bond acceptors (Lipinski definition) is 7. The summed E-state index contributed by atoms with van der Waals surface area (Å²) in [6.45, 7) is 1.98. The standard InChI is InChI=1S/C37H33F2N3O6S/c1-5-47-33(43)16-12-21-11-15-30(41-35(21)24-17-23-7-6-8-29(39)26(23)18-24)27-19-28-32(20-31(27)42(3)49(4,45)46)48-36(34(28)37(44)40-2)22-9-13-25(38)14-10-22/h6-11,13-15,18-20H,5,12,16-17H2,1-4H3,(H,40,44). The summed E-state index contributed by atoms with van der Waals surface area (Å²) in [6.07, 6.45) is 3.60. The number of rotatable bonds is 10. The molecule has 1 N–H and O–H groups in total. The van der Waals surface area contributed by atoms with Crippen molar-refractivity contribution in [3.63, 3.8) is 0 Å². The van der Waals surface area contributed by atoms with Crippen LogP contribution in [0, 0.1) is 11.6 Å². The van der Waals surface area contributed by atoms with Crippen LogP contribution >= 0.6 is 0 Å². The normalized spacial score (nSPS) is 12.5. The number of furan rings is 1. The van der Waals surface area contributed by atoms with Crippen LogP contribution in [-0.4, -0.2) is 52.2 Å². The molecule has 0 spiro atoms. The maximum Gasteiger partial charge on any atom is 0.306 e. The van der Waals surface area contributed by atoms with Crippen molar-refractivity contribution >= 4 is 50.2 Å². The number of anilines is 1. The van der Waals surface area contributed by atoms with Crippen LogP contribution in [0.4, 0.5) is 14.5 Å². The molecule has 0 radical (unpaired) electrons. The molecule has 0 saturated heterocycles. The van der Waals surface area contributed by atoms with Gasteiger partial charge in [0, 0.05) is 55.1 Å². The maximum absolute atomic E-state index is 14.8. The van der Waals surface area contributed by atoms with Gasteiger partial charge in [-0.15, -0.1) is 0 Å². The molecule has 0 bridgehead atoms. The first-order valence-corrected chi connectivity index (χ1v) is 17.4. The van der Waals surface area contributed by atoms with Crippen LogP contribution in [0.5, 0.6) is 0 Å². The van der Waals surface area contributed by atoms with E-state index in [0.717, 1.165) is 27.3 Å². The monoisotopic (exact) mass is 685 g/mol. The third-order valence-corrected chi connectivity index (χ3v) is 9.70. The van der Waals surface area contributed by atoms with Crippen molar-refractivity contribution in [1.29, 1.82) is 0 Å². The molecule has 252 valence electrons. The highest BCUT2D eigenvalue weighted by atomic mass is 32.2. The fourth-order valence-corrected chi connectivity index (χ4v) is 6.51. The highest BCUT2D eigenvalue weighted by Crippen LogP contribution is 2.42. The van der Waals surface area contributed by atoms with Gasteiger partial charge in [-0.05, 0) is 78.6 Å². The lowest BCUT2D eigenvalue weighted by molar-refractivity contribution is -0.143. The van der Waals surface area contributed by atoms with Gasteiger partial charge in [0.05, 0.1) is 35.5 Å². The molecule has 0 atom stereocenters. The number of carbonyl (C=O) groups excluding carboxylic acids is 2. The lowest BCUT2D eigenvalue weighted by Gasteiger charge is -2.21. The molecule has 2 aromatic heterocycles. The second-order valence-electron chi connectivity index (χ2n) is 11.7. The molecule has 6 rings (SSSR count). The Morgan fingerprint density at radius 1 is 1.06 bits per heavy atom. The molecule has 12 heteroatoms. The zero-order chi connectivity index (χ0) is 35.0. The van der Waals surface area contributed by atoms with Gasteiger partial charge in [0.25, 0.3) is 5.91 Å². The highest BCUT2D eigenvalue weighted by Gasteiger charge is 2.27. The number of sulfonamides is 1. The molecule has 0 saturated carbocycles. The molecule has 1 amide bonds. The lowest BCUT2D eigenvalue weighted by Crippen LogP contribution is -2.25. The van der Waals surface area contributed by atoms with E-state index in [4.69, 9.17) is 14.1 Å². The van der Waals surface area contributed by atoms with E-state index in [2.05, 4.69) is 5.32 Å². The first-order valence-electron chi connectivity index (χ1n) is 15.6. The number of aryl methyl sites for hydroxylation is 1. The summed E-state index contributed by atoms with van der Waals surface area (Å²) in [4.78, 5) is 30.6. The summed E-state index contributed by atoms with van der Waals surface area (Å²) in [7, 11) is -0.923. The Morgan fingerprint density at radius 3 is 2.49 bits per heavy atom. The van der Waals surface area contributed by atoms with E-state index in [-0.39, 0.29) is 47.4 Å². The fraction of sp³-hybridized carbons (Fsp3) is 0.216. The number of nitrogens with zero attached hydrogens (tertiary/aromatic N) is 2. The minimum Gasteiger partial charge on any atom is -0.466 e. The predicted octanol–water partition coefficient (Wildman–Crippen LogP) is 6.79. The second kappa shape index (κ2) is 13.3. The SMILES string of the molecule is CCOC(=O)CCc1ccc(-c2cc3c(C(=O)NC)c(-c4ccc(F)cc4)oc3cc2N(C)S(C)(=O)=O)nc1C1=Cc2c(F)cccc2C1. The van der Waals surface area contributed by atoms with Crippen LogP contribution in [0.2, 0.25) is 0 Å². The van der Waals surface area contributed by atoms with Gasteiger partial charge in [0.2, 0.25) is 10.0 Å². The summed E-state index contributed by atoms with van der Waals surface area (Å²) in [5, 5.41) is 3.01. The Labute approximate surface area is 282 Å². The number of allylic oxidation sites excluding steroid dienone is 1. The van der Waals surface area contributed by atoms with Gasteiger partial charge in [-0.2, -0.15) is 0 Å². The van der Waals surface area contributed by atoms with Crippen molar-refractivity contribution in [2.24, 2.45) is 0 Å². The van der Waals surface area contributed by atoms with Crippen molar-refractivity contribution in [3.8, 4) is 22.6 Å². The van der Waals surface area contributed by atoms with Crippen LogP contribution in [0.1, 0.15) is 46.1 Å². The van der Waals surface area contributed by atoms with Crippen molar-refractivity contribution in [2.45, 2.75) is 26.2 Å². The van der Waals surface area contributed by atoms with E-state index in [9.17, 15) is 26.8 Å². The number of hydrogen-bond donors (Lipinski definition) is 1. The summed E-state index contributed by atoms with van der Waals surface area (Å²) < 4.78 is 66.8. The van der Waals surface area contributed by atoms with Gasteiger partial charge < -0.3 is 14.5 Å². The van der Waals surface area contributed by atoms with Gasteiger partial charge in [-0.1, -0.05) is 18.2 Å². The van der Waals surface area contributed by atoms with E-state index >= 15 is 0 Å². The molecule has 0 unspecified atom stereocenters. The molecule has 0 aliphatic heterocycles. The Kier molecular flexibility index (Phi) is 9.08. The summed E-state index contributed by atoms with van der Waals surface area (Å²) >= 11 is 0. The van der Waals surface area contributed by atoms with Gasteiger partial charge in [0.15, 0.2) is 0 Å². The Morgan fingerprint density at radius 2 is 1.82 bits per heavy atom. The number of benzene rings is 3. The van der Waals surface area contributed by atoms with Crippen LogP contribution in [0.3, 0.4) is 0 Å². The van der Waals surface area contributed by atoms with E-state index in [1.54, 1.807) is 31.2 Å². The van der Waals surface area contributed by atoms with Crippen molar-refractivity contribution in [3.05, 3.63) is 106 Å². The molecule has 2 heterocycles. The van der Waals surface area contributed by atoms with Gasteiger partial charge in [-0.25, -0.2) is 22.2 Å². The molecule has 1 aliphatic carbocycles. The summed E-state index contributed by atoms with van der Waals surface area (Å²) in [5.74, 6) is -1.48. The summed E-state index contributed by atoms with van der Waals surface area (Å²) in [6, 6.07) is 17.1. The van der Waals surface area contributed by atoms with Crippen LogP contribution in [0.15, 0.2) is 71.1 Å². The number of fused-ring (bicyclic) bond motifs is 2. The predicted molar refractivity (Wildman–Crippen MR) is 184 cm³/mol. The third-order valence-electron chi connectivity index (χ3n) is 8.51. The van der Waals surface area contributed by atoms with Crippen LogP contribution in [-0.2, 0) is 32.4 Å². The first kappa shape index (κ1) is 33.5. The zero-order valence-electron chi connectivity index (χ0n) is 27.3. The molecular formula is C37H33F2N3O6S. The lowest BCUT2D eigenvalue weighted by atomic mass is 9.97. The largest absolute Gasteiger partial charge is 0.466 e. The quantitative estimate of drug-likeness (QED) is 0.161. The molecular weight excluding hydrogens is 652 g/mol. The number of ether oxygens (including phenoxy) is 1. The average molecular weight is 686 g/mol. The van der Waals surface area contributed by atoms with Crippen molar-refractivity contribution < 1.29 is 35.9 Å². The minimum absolute atomic E-state index is 0.0984. The van der Waals surface area contributed by atoms with E-state index < -0.39 is 21.7 Å². The highest BCUT2D eigenvalue weighted by molar-refractivity contribution is 7.92. The first-order chi connectivity index (χ1) is 23.4. The van der Waals surface area contributed by atoms with E-state index in [1.165, 1.54) is 50.5 Å². The number of pyridine rings is 1. The molecule has 9 nitrogen and oxygen atoms in total. The van der Waals surface area contributed by atoms with Crippen LogP contribution < -0.4 is 9.62 Å². The van der Waals surface area contributed by atoms with Crippen LogP contribution in [0.25, 0.3) is 45.2 Å². The van der Waals surface area contributed by atoms with E-state index in [1.807, 2.05) is 12.1 Å². The zero-order valence-corrected chi connectivity index (χ0v) is 28.1. The van der Waals surface area contributed by atoms with E-state index in [0.29, 0.717) is 46.3 Å². The van der Waals surface area contributed by atoms with Gasteiger partial charge in [-0.3, -0.25) is 13.9 Å². The van der Waals surface area contributed by atoms with Gasteiger partial charge in [0.1, 0.15) is 23.0 Å². The number of esters is 1. The van der Waals surface area contributed by atoms with Crippen molar-refractivity contribution in [2.75, 3.05) is 31.3 Å². The molecule has 0 fully saturated rings. The number of amides is 1. The fourth-order valence-electron chi connectivity index (χ4n) is 6.00. The smallest absolute Gasteiger partial charge is 0.306 e. The molecule has 49 heavy (non-hydrogen) atoms. The Balaban J connectivity index is 1.58. The molecule has 5 aromatic rings.